The number of carbonyl (C=O) groups is 2. The van der Waals surface area contributed by atoms with Crippen LogP contribution in [0.15, 0.2) is 41.1 Å². The van der Waals surface area contributed by atoms with E-state index in [-0.39, 0.29) is 5.57 Å². The number of anilines is 1. The van der Waals surface area contributed by atoms with Gasteiger partial charge in [0.1, 0.15) is 0 Å². The van der Waals surface area contributed by atoms with E-state index < -0.39 is 23.5 Å². The number of aryl methyl sites for hydroxylation is 2. The third kappa shape index (κ3) is 5.01. The monoisotopic (exact) mass is 527 g/mol. The maximum absolute atomic E-state index is 13.7. The molecule has 3 heterocycles. The number of aromatic nitrogens is 2. The van der Waals surface area contributed by atoms with E-state index >= 15 is 0 Å². The van der Waals surface area contributed by atoms with Gasteiger partial charge in [-0.15, -0.1) is 22.7 Å². The number of ether oxygens (including phenoxy) is 2. The lowest BCUT2D eigenvalue weighted by molar-refractivity contribution is -0.117. The van der Waals surface area contributed by atoms with Gasteiger partial charge in [0.15, 0.2) is 22.4 Å². The number of carbonyl (C=O) groups excluding carboxylic acids is 2. The van der Waals surface area contributed by atoms with Gasteiger partial charge < -0.3 is 14.6 Å². The number of benzene rings is 1. The number of hydrogen-bond acceptors (Lipinski definition) is 9. The zero-order chi connectivity index (χ0) is 25.8. The van der Waals surface area contributed by atoms with Crippen LogP contribution >= 0.6 is 22.7 Å². The number of aliphatic hydroxyl groups is 1. The second kappa shape index (κ2) is 11.2. The highest BCUT2D eigenvalue weighted by Gasteiger charge is 2.46. The third-order valence-electron chi connectivity index (χ3n) is 5.78. The van der Waals surface area contributed by atoms with Crippen LogP contribution in [0.2, 0.25) is 0 Å². The summed E-state index contributed by atoms with van der Waals surface area (Å²) < 4.78 is 11.8. The summed E-state index contributed by atoms with van der Waals surface area (Å²) in [6.45, 7) is 8.56. The lowest BCUT2D eigenvalue weighted by atomic mass is 9.95. The first-order valence-corrected chi connectivity index (χ1v) is 13.6. The minimum atomic E-state index is -0.883. The molecule has 10 heteroatoms. The number of rotatable bonds is 11. The van der Waals surface area contributed by atoms with E-state index in [4.69, 9.17) is 9.47 Å². The fourth-order valence-electron chi connectivity index (χ4n) is 4.17. The van der Waals surface area contributed by atoms with Crippen molar-refractivity contribution in [3.8, 4) is 11.5 Å². The Morgan fingerprint density at radius 1 is 1.17 bits per heavy atom. The molecule has 1 aliphatic rings. The van der Waals surface area contributed by atoms with E-state index in [0.717, 1.165) is 24.3 Å². The van der Waals surface area contributed by atoms with E-state index in [1.54, 1.807) is 36.7 Å². The van der Waals surface area contributed by atoms with Crippen molar-refractivity contribution in [1.29, 1.82) is 0 Å². The van der Waals surface area contributed by atoms with Crippen LogP contribution in [-0.4, -0.2) is 40.0 Å². The fraction of sp³-hybridized carbons (Fsp3) is 0.385. The predicted octanol–water partition coefficient (Wildman–Crippen LogP) is 5.97. The predicted molar refractivity (Wildman–Crippen MR) is 141 cm³/mol. The van der Waals surface area contributed by atoms with Crippen molar-refractivity contribution in [1.82, 2.24) is 9.97 Å². The van der Waals surface area contributed by atoms with Crippen LogP contribution in [0.3, 0.4) is 0 Å². The normalized spacial score (nSPS) is 15.6. The van der Waals surface area contributed by atoms with Crippen LogP contribution in [0.5, 0.6) is 11.5 Å². The van der Waals surface area contributed by atoms with E-state index in [0.29, 0.717) is 46.0 Å². The molecule has 0 fully saturated rings. The van der Waals surface area contributed by atoms with E-state index in [1.165, 1.54) is 27.6 Å². The van der Waals surface area contributed by atoms with Crippen LogP contribution in [0, 0.1) is 13.8 Å². The lowest BCUT2D eigenvalue weighted by Crippen LogP contribution is -2.31. The molecular formula is C26H29N3O5S2. The Balaban J connectivity index is 1.79. The molecule has 1 unspecified atom stereocenters. The number of thiazole rings is 2. The van der Waals surface area contributed by atoms with Gasteiger partial charge in [-0.25, -0.2) is 9.97 Å². The highest BCUT2D eigenvalue weighted by molar-refractivity contribution is 7.14. The molecule has 0 radical (unpaired) electrons. The first-order chi connectivity index (χ1) is 17.4. The second-order valence-corrected chi connectivity index (χ2v) is 10.4. The Morgan fingerprint density at radius 3 is 2.61 bits per heavy atom. The quantitative estimate of drug-likeness (QED) is 0.242. The van der Waals surface area contributed by atoms with Crippen LogP contribution in [0.25, 0.3) is 0 Å². The summed E-state index contributed by atoms with van der Waals surface area (Å²) in [5.41, 5.74) is 1.17. The third-order valence-corrected chi connectivity index (χ3v) is 7.62. The highest BCUT2D eigenvalue weighted by Crippen LogP contribution is 2.45. The molecule has 4 rings (SSSR count). The number of nitrogens with zero attached hydrogens (tertiary/aromatic N) is 3. The van der Waals surface area contributed by atoms with Crippen molar-refractivity contribution in [2.75, 3.05) is 18.1 Å². The molecule has 190 valence electrons. The van der Waals surface area contributed by atoms with Gasteiger partial charge in [0.2, 0.25) is 5.78 Å². The van der Waals surface area contributed by atoms with Gasteiger partial charge >= 0.3 is 0 Å². The molecule has 1 aliphatic heterocycles. The van der Waals surface area contributed by atoms with Crippen LogP contribution in [0.4, 0.5) is 5.13 Å². The first kappa shape index (κ1) is 25.8. The van der Waals surface area contributed by atoms with Crippen molar-refractivity contribution in [2.45, 2.75) is 53.0 Å². The van der Waals surface area contributed by atoms with E-state index in [2.05, 4.69) is 16.9 Å². The number of ketones is 1. The topological polar surface area (TPSA) is 102 Å². The minimum Gasteiger partial charge on any atom is -0.503 e. The molecule has 0 spiro atoms. The SMILES string of the molecule is CCCCCOc1ccc(C2C(C(=O)c3sc(C)nc3C)=C(O)C(=O)N2c2nccs2)cc1OCC. The molecule has 0 saturated heterocycles. The van der Waals surface area contributed by atoms with Crippen LogP contribution in [-0.2, 0) is 4.79 Å². The van der Waals surface area contributed by atoms with E-state index in [9.17, 15) is 14.7 Å². The summed E-state index contributed by atoms with van der Waals surface area (Å²) in [4.78, 5) is 37.4. The lowest BCUT2D eigenvalue weighted by Gasteiger charge is -2.25. The summed E-state index contributed by atoms with van der Waals surface area (Å²) in [6.07, 6.45) is 4.67. The van der Waals surface area contributed by atoms with Crippen molar-refractivity contribution in [2.24, 2.45) is 0 Å². The summed E-state index contributed by atoms with van der Waals surface area (Å²) in [6, 6.07) is 4.48. The Morgan fingerprint density at radius 2 is 1.97 bits per heavy atom. The van der Waals surface area contributed by atoms with Gasteiger partial charge in [0.05, 0.1) is 40.4 Å². The molecule has 0 saturated carbocycles. The maximum atomic E-state index is 13.7. The summed E-state index contributed by atoms with van der Waals surface area (Å²) in [5, 5.41) is 13.8. The van der Waals surface area contributed by atoms with Crippen LogP contribution < -0.4 is 14.4 Å². The molecule has 0 aliphatic carbocycles. The number of amides is 1. The van der Waals surface area contributed by atoms with E-state index in [1.807, 2.05) is 13.8 Å². The van der Waals surface area contributed by atoms with Crippen molar-refractivity contribution >= 4 is 39.5 Å². The van der Waals surface area contributed by atoms with Crippen molar-refractivity contribution in [3.63, 3.8) is 0 Å². The second-order valence-electron chi connectivity index (χ2n) is 8.33. The number of hydrogen-bond donors (Lipinski definition) is 1. The Bertz CT molecular complexity index is 1280. The molecule has 36 heavy (non-hydrogen) atoms. The molecule has 1 amide bonds. The zero-order valence-corrected chi connectivity index (χ0v) is 22.4. The minimum absolute atomic E-state index is 0.000938. The first-order valence-electron chi connectivity index (χ1n) is 11.9. The molecule has 0 bridgehead atoms. The summed E-state index contributed by atoms with van der Waals surface area (Å²) >= 11 is 2.50. The largest absolute Gasteiger partial charge is 0.503 e. The molecule has 1 N–H and O–H groups in total. The summed E-state index contributed by atoms with van der Waals surface area (Å²) in [5.74, 6) is -0.567. The molecule has 8 nitrogen and oxygen atoms in total. The van der Waals surface area contributed by atoms with Gasteiger partial charge in [0, 0.05) is 11.6 Å². The Kier molecular flexibility index (Phi) is 8.05. The van der Waals surface area contributed by atoms with Crippen molar-refractivity contribution < 1.29 is 24.2 Å². The molecular weight excluding hydrogens is 498 g/mol. The average Bonchev–Trinajstić information content (AvgIpc) is 3.56. The van der Waals surface area contributed by atoms with Gasteiger partial charge in [-0.2, -0.15) is 0 Å². The number of Topliss-reactive ketones (excluding diaryl/α,β-unsaturated/α-hetero) is 1. The van der Waals surface area contributed by atoms with Crippen molar-refractivity contribution in [3.05, 3.63) is 62.3 Å². The number of unbranched alkanes of at least 4 members (excludes halogenated alkanes) is 2. The zero-order valence-electron chi connectivity index (χ0n) is 20.7. The maximum Gasteiger partial charge on any atom is 0.296 e. The smallest absolute Gasteiger partial charge is 0.296 e. The fourth-order valence-corrected chi connectivity index (χ4v) is 5.71. The van der Waals surface area contributed by atoms with Gasteiger partial charge in [-0.3, -0.25) is 14.5 Å². The highest BCUT2D eigenvalue weighted by atomic mass is 32.1. The van der Waals surface area contributed by atoms with Gasteiger partial charge in [-0.05, 0) is 44.9 Å². The standard InChI is InChI=1S/C26H29N3O5S2/c1-5-7-8-12-34-18-10-9-17(14-19(18)33-6-2)21-20(22(30)24-15(3)28-16(4)36-24)23(31)25(32)29(21)26-27-11-13-35-26/h9-11,13-14,21,31H,5-8,12H2,1-4H3. The molecule has 3 aromatic rings. The van der Waals surface area contributed by atoms with Gasteiger partial charge in [0.25, 0.3) is 5.91 Å². The Hall–Kier alpha value is -3.24. The van der Waals surface area contributed by atoms with Gasteiger partial charge in [-0.1, -0.05) is 25.8 Å². The summed E-state index contributed by atoms with van der Waals surface area (Å²) in [7, 11) is 0. The number of aliphatic hydroxyl groups excluding tert-OH is 1. The average molecular weight is 528 g/mol. The Labute approximate surface area is 218 Å². The molecule has 1 atom stereocenters. The molecule has 2 aromatic heterocycles. The molecule has 1 aromatic carbocycles. The van der Waals surface area contributed by atoms with Crippen LogP contribution in [0.1, 0.15) is 65.1 Å².